The van der Waals surface area contributed by atoms with Gasteiger partial charge in [-0.15, -0.1) is 6.58 Å². The van der Waals surface area contributed by atoms with Crippen LogP contribution in [0.25, 0.3) is 10.8 Å². The summed E-state index contributed by atoms with van der Waals surface area (Å²) in [6, 6.07) is 6.06. The van der Waals surface area contributed by atoms with Gasteiger partial charge in [0.15, 0.2) is 0 Å². The Morgan fingerprint density at radius 2 is 2.19 bits per heavy atom. The van der Waals surface area contributed by atoms with Crippen LogP contribution in [-0.2, 0) is 0 Å². The van der Waals surface area contributed by atoms with Crippen LogP contribution in [0.15, 0.2) is 43.2 Å². The van der Waals surface area contributed by atoms with Gasteiger partial charge in [0.05, 0.1) is 0 Å². The maximum Gasteiger partial charge on any atom is 0.0427 e. The molecule has 0 aliphatic rings. The summed E-state index contributed by atoms with van der Waals surface area (Å²) in [5, 5.41) is 5.42. The molecule has 0 amide bonds. The number of nitrogens with two attached hydrogens (primary N) is 1. The predicted molar refractivity (Wildman–Crippen MR) is 69.4 cm³/mol. The van der Waals surface area contributed by atoms with Gasteiger partial charge in [0.2, 0.25) is 0 Å². The van der Waals surface area contributed by atoms with Crippen molar-refractivity contribution in [3.8, 4) is 0 Å². The van der Waals surface area contributed by atoms with Crippen LogP contribution >= 0.6 is 0 Å². The normalized spacial score (nSPS) is 12.3. The van der Waals surface area contributed by atoms with E-state index in [1.54, 1.807) is 12.4 Å². The third-order valence-electron chi connectivity index (χ3n) is 2.59. The average Bonchev–Trinajstić information content (AvgIpc) is 2.33. The monoisotopic (exact) mass is 213 g/mol. The highest BCUT2D eigenvalue weighted by atomic mass is 14.9. The minimum atomic E-state index is 0.222. The number of nitrogens with one attached hydrogen (secondary N) is 1. The van der Waals surface area contributed by atoms with E-state index >= 15 is 0 Å². The lowest BCUT2D eigenvalue weighted by Crippen LogP contribution is -2.11. The highest BCUT2D eigenvalue weighted by Crippen LogP contribution is 2.27. The van der Waals surface area contributed by atoms with E-state index < -0.39 is 0 Å². The van der Waals surface area contributed by atoms with E-state index in [-0.39, 0.29) is 6.04 Å². The van der Waals surface area contributed by atoms with Gasteiger partial charge in [0.25, 0.3) is 0 Å². The number of nitrogens with zero attached hydrogens (tertiary/aromatic N) is 1. The topological polar surface area (TPSA) is 50.9 Å². The van der Waals surface area contributed by atoms with E-state index in [1.807, 2.05) is 24.3 Å². The Hall–Kier alpha value is -2.03. The second-order valence-electron chi connectivity index (χ2n) is 3.79. The summed E-state index contributed by atoms with van der Waals surface area (Å²) in [5.41, 5.74) is 7.71. The third kappa shape index (κ3) is 1.84. The summed E-state index contributed by atoms with van der Waals surface area (Å²) in [6.45, 7) is 5.81. The van der Waals surface area contributed by atoms with Crippen LogP contribution < -0.4 is 11.1 Å². The molecular formula is C13H15N3. The van der Waals surface area contributed by atoms with Crippen molar-refractivity contribution in [1.82, 2.24) is 4.98 Å². The van der Waals surface area contributed by atoms with Crippen molar-refractivity contribution >= 4 is 22.1 Å². The number of fused-ring (bicyclic) bond motifs is 1. The molecule has 0 bridgehead atoms. The molecule has 3 N–H and O–H groups in total. The molecule has 82 valence electrons. The highest BCUT2D eigenvalue weighted by Gasteiger charge is 2.04. The first kappa shape index (κ1) is 10.5. The van der Waals surface area contributed by atoms with Crippen LogP contribution in [-0.4, -0.2) is 11.0 Å². The Bertz CT molecular complexity index is 520. The number of aromatic nitrogens is 1. The second-order valence-corrected chi connectivity index (χ2v) is 3.79. The standard InChI is InChI=1S/C13H15N3/c1-3-9(2)16-13-5-4-12(14)11-8-15-7-6-10(11)13/h3-9,16H,1,14H2,2H3. The van der Waals surface area contributed by atoms with E-state index in [1.165, 1.54) is 0 Å². The zero-order chi connectivity index (χ0) is 11.5. The summed E-state index contributed by atoms with van der Waals surface area (Å²) < 4.78 is 0. The van der Waals surface area contributed by atoms with Crippen molar-refractivity contribution < 1.29 is 0 Å². The number of benzene rings is 1. The Balaban J connectivity index is 2.54. The van der Waals surface area contributed by atoms with Crippen LogP contribution in [0.3, 0.4) is 0 Å². The lowest BCUT2D eigenvalue weighted by Gasteiger charge is -2.14. The van der Waals surface area contributed by atoms with Gasteiger partial charge >= 0.3 is 0 Å². The molecule has 16 heavy (non-hydrogen) atoms. The van der Waals surface area contributed by atoms with Gasteiger partial charge in [-0.2, -0.15) is 0 Å². The first-order chi connectivity index (χ1) is 7.72. The van der Waals surface area contributed by atoms with Crippen molar-refractivity contribution in [2.75, 3.05) is 11.1 Å². The quantitative estimate of drug-likeness (QED) is 0.609. The third-order valence-corrected chi connectivity index (χ3v) is 2.59. The van der Waals surface area contributed by atoms with Crippen molar-refractivity contribution in [3.05, 3.63) is 43.2 Å². The van der Waals surface area contributed by atoms with E-state index in [4.69, 9.17) is 5.73 Å². The molecule has 1 aromatic carbocycles. The largest absolute Gasteiger partial charge is 0.398 e. The average molecular weight is 213 g/mol. The minimum absolute atomic E-state index is 0.222. The van der Waals surface area contributed by atoms with Crippen LogP contribution in [0, 0.1) is 0 Å². The van der Waals surface area contributed by atoms with Gasteiger partial charge in [-0.25, -0.2) is 0 Å². The van der Waals surface area contributed by atoms with E-state index in [9.17, 15) is 0 Å². The molecule has 3 heteroatoms. The summed E-state index contributed by atoms with van der Waals surface area (Å²) >= 11 is 0. The van der Waals surface area contributed by atoms with Crippen LogP contribution in [0.4, 0.5) is 11.4 Å². The molecule has 0 aliphatic heterocycles. The number of rotatable bonds is 3. The minimum Gasteiger partial charge on any atom is -0.398 e. The lowest BCUT2D eigenvalue weighted by molar-refractivity contribution is 1.00. The van der Waals surface area contributed by atoms with Crippen LogP contribution in [0.5, 0.6) is 0 Å². The van der Waals surface area contributed by atoms with Crippen LogP contribution in [0.1, 0.15) is 6.92 Å². The van der Waals surface area contributed by atoms with Gasteiger partial charge in [-0.3, -0.25) is 4.98 Å². The van der Waals surface area contributed by atoms with Crippen LogP contribution in [0.2, 0.25) is 0 Å². The molecule has 2 rings (SSSR count). The molecule has 0 spiro atoms. The molecule has 0 saturated carbocycles. The van der Waals surface area contributed by atoms with Gasteiger partial charge in [-0.1, -0.05) is 6.08 Å². The molecule has 0 saturated heterocycles. The molecule has 1 unspecified atom stereocenters. The molecule has 2 aromatic rings. The molecule has 1 atom stereocenters. The van der Waals surface area contributed by atoms with Gasteiger partial charge in [-0.05, 0) is 25.1 Å². The number of pyridine rings is 1. The van der Waals surface area contributed by atoms with E-state index in [2.05, 4.69) is 23.8 Å². The molecule has 1 heterocycles. The van der Waals surface area contributed by atoms with Gasteiger partial charge in [0.1, 0.15) is 0 Å². The Kier molecular flexibility index (Phi) is 2.77. The smallest absolute Gasteiger partial charge is 0.0427 e. The predicted octanol–water partition coefficient (Wildman–Crippen LogP) is 2.80. The fourth-order valence-electron chi connectivity index (χ4n) is 1.64. The number of hydrogen-bond acceptors (Lipinski definition) is 3. The molecule has 0 fully saturated rings. The second kappa shape index (κ2) is 4.23. The number of nitrogen functional groups attached to an aromatic ring is 1. The first-order valence-electron chi connectivity index (χ1n) is 5.23. The maximum atomic E-state index is 5.90. The van der Waals surface area contributed by atoms with Crippen molar-refractivity contribution in [3.63, 3.8) is 0 Å². The van der Waals surface area contributed by atoms with Gasteiger partial charge < -0.3 is 11.1 Å². The summed E-state index contributed by atoms with van der Waals surface area (Å²) in [6.07, 6.45) is 5.42. The summed E-state index contributed by atoms with van der Waals surface area (Å²) in [4.78, 5) is 4.09. The summed E-state index contributed by atoms with van der Waals surface area (Å²) in [5.74, 6) is 0. The molecule has 1 aromatic heterocycles. The fraction of sp³-hybridized carbons (Fsp3) is 0.154. The SMILES string of the molecule is C=CC(C)Nc1ccc(N)c2cnccc12. The molecule has 0 aliphatic carbocycles. The number of hydrogen-bond donors (Lipinski definition) is 2. The fourth-order valence-corrected chi connectivity index (χ4v) is 1.64. The zero-order valence-electron chi connectivity index (χ0n) is 9.27. The van der Waals surface area contributed by atoms with Crippen molar-refractivity contribution in [2.24, 2.45) is 0 Å². The van der Waals surface area contributed by atoms with Crippen molar-refractivity contribution in [2.45, 2.75) is 13.0 Å². The molecule has 3 nitrogen and oxygen atoms in total. The lowest BCUT2D eigenvalue weighted by atomic mass is 10.1. The molecular weight excluding hydrogens is 198 g/mol. The first-order valence-corrected chi connectivity index (χ1v) is 5.23. The highest BCUT2D eigenvalue weighted by molar-refractivity contribution is 6.00. The maximum absolute atomic E-state index is 5.90. The molecule has 0 radical (unpaired) electrons. The van der Waals surface area contributed by atoms with Crippen molar-refractivity contribution in [1.29, 1.82) is 0 Å². The Morgan fingerprint density at radius 1 is 1.38 bits per heavy atom. The van der Waals surface area contributed by atoms with Gasteiger partial charge in [0, 0.05) is 40.6 Å². The Labute approximate surface area is 95.0 Å². The van der Waals surface area contributed by atoms with E-state index in [0.29, 0.717) is 0 Å². The zero-order valence-corrected chi connectivity index (χ0v) is 9.27. The summed E-state index contributed by atoms with van der Waals surface area (Å²) in [7, 11) is 0. The number of anilines is 2. The Morgan fingerprint density at radius 3 is 2.94 bits per heavy atom. The van der Waals surface area contributed by atoms with E-state index in [0.717, 1.165) is 22.1 Å².